The molecule has 0 N–H and O–H groups in total. The van der Waals surface area contributed by atoms with E-state index >= 15 is 0 Å². The van der Waals surface area contributed by atoms with Crippen LogP contribution >= 0.6 is 23.5 Å². The molecule has 1 aliphatic rings. The normalized spacial score (nSPS) is 15.4. The van der Waals surface area contributed by atoms with Crippen LogP contribution in [0.1, 0.15) is 0 Å². The van der Waals surface area contributed by atoms with E-state index in [2.05, 4.69) is 27.5 Å². The second kappa shape index (κ2) is 5.62. The molecule has 4 rings (SSSR count). The predicted octanol–water partition coefficient (Wildman–Crippen LogP) is 3.49. The molecule has 0 radical (unpaired) electrons. The highest BCUT2D eigenvalue weighted by molar-refractivity contribution is 8.02. The maximum Gasteiger partial charge on any atom is 0.281 e. The van der Waals surface area contributed by atoms with E-state index < -0.39 is 0 Å². The van der Waals surface area contributed by atoms with Gasteiger partial charge in [0.15, 0.2) is 5.16 Å². The summed E-state index contributed by atoms with van der Waals surface area (Å²) in [5, 5.41) is 3.47. The van der Waals surface area contributed by atoms with Crippen molar-refractivity contribution in [2.75, 3.05) is 5.75 Å². The zero-order chi connectivity index (χ0) is 14.9. The Balaban J connectivity index is 1.82. The minimum Gasteiger partial charge on any atom is -0.289 e. The topological polar surface area (TPSA) is 47.8 Å². The third kappa shape index (κ3) is 2.34. The lowest BCUT2D eigenvalue weighted by molar-refractivity contribution is 0.883. The van der Waals surface area contributed by atoms with Gasteiger partial charge in [0.1, 0.15) is 0 Å². The fraction of sp³-hybridized carbons (Fsp3) is 0.0625. The summed E-state index contributed by atoms with van der Waals surface area (Å²) in [5.41, 5.74) is 1.76. The Hall–Kier alpha value is -2.05. The third-order valence-electron chi connectivity index (χ3n) is 3.37. The van der Waals surface area contributed by atoms with E-state index in [1.54, 1.807) is 42.0 Å². The average molecular weight is 325 g/mol. The molecule has 0 atom stereocenters. The molecule has 0 bridgehead atoms. The number of thioether (sulfide) groups is 2. The third-order valence-corrected chi connectivity index (χ3v) is 5.28. The first-order valence-corrected chi connectivity index (χ1v) is 8.60. The lowest BCUT2D eigenvalue weighted by Gasteiger charge is -2.08. The van der Waals surface area contributed by atoms with Crippen LogP contribution in [0.5, 0.6) is 0 Å². The Morgan fingerprint density at radius 1 is 1.23 bits per heavy atom. The first kappa shape index (κ1) is 13.6. The summed E-state index contributed by atoms with van der Waals surface area (Å²) in [6.07, 6.45) is 3.36. The average Bonchev–Trinajstić information content (AvgIpc) is 2.97. The molecule has 6 heteroatoms. The smallest absolute Gasteiger partial charge is 0.281 e. The molecule has 108 valence electrons. The Morgan fingerprint density at radius 3 is 2.95 bits per heavy atom. The van der Waals surface area contributed by atoms with E-state index in [0.29, 0.717) is 5.39 Å². The Morgan fingerprint density at radius 2 is 2.09 bits per heavy atom. The van der Waals surface area contributed by atoms with Gasteiger partial charge in [0.25, 0.3) is 5.56 Å². The van der Waals surface area contributed by atoms with Crippen molar-refractivity contribution in [2.45, 2.75) is 10.1 Å². The van der Waals surface area contributed by atoms with Gasteiger partial charge in [-0.05, 0) is 23.6 Å². The van der Waals surface area contributed by atoms with Gasteiger partial charge >= 0.3 is 0 Å². The Kier molecular flexibility index (Phi) is 3.48. The van der Waals surface area contributed by atoms with Crippen molar-refractivity contribution < 1.29 is 0 Å². The number of hydrogen-bond acceptors (Lipinski definition) is 5. The highest BCUT2D eigenvalue weighted by Crippen LogP contribution is 2.35. The zero-order valence-electron chi connectivity index (χ0n) is 11.5. The van der Waals surface area contributed by atoms with E-state index in [9.17, 15) is 4.79 Å². The molecule has 0 fully saturated rings. The van der Waals surface area contributed by atoms with Crippen LogP contribution in [0.25, 0.3) is 16.6 Å². The van der Waals surface area contributed by atoms with Crippen LogP contribution in [0.2, 0.25) is 0 Å². The molecular weight excluding hydrogens is 314 g/mol. The quantitative estimate of drug-likeness (QED) is 0.533. The van der Waals surface area contributed by atoms with Gasteiger partial charge in [0.05, 0.1) is 17.1 Å². The molecular formula is C16H11N3OS2. The zero-order valence-corrected chi connectivity index (χ0v) is 13.1. The fourth-order valence-corrected chi connectivity index (χ4v) is 4.21. The van der Waals surface area contributed by atoms with Crippen LogP contribution in [0, 0.1) is 0 Å². The summed E-state index contributed by atoms with van der Waals surface area (Å²) in [4.78, 5) is 21.6. The predicted molar refractivity (Wildman–Crippen MR) is 91.1 cm³/mol. The van der Waals surface area contributed by atoms with Crippen LogP contribution < -0.4 is 5.56 Å². The summed E-state index contributed by atoms with van der Waals surface area (Å²) in [5.74, 6) is 0.806. The second-order valence-corrected chi connectivity index (χ2v) is 6.64. The molecule has 0 saturated heterocycles. The van der Waals surface area contributed by atoms with E-state index in [4.69, 9.17) is 0 Å². The molecule has 1 aliphatic heterocycles. The molecule has 0 spiro atoms. The number of rotatable bonds is 2. The van der Waals surface area contributed by atoms with Gasteiger partial charge in [-0.15, -0.1) is 0 Å². The minimum absolute atomic E-state index is 0.187. The maximum atomic E-state index is 12.0. The molecule has 3 aromatic rings. The molecule has 1 aromatic carbocycles. The lowest BCUT2D eigenvalue weighted by Crippen LogP contribution is -2.12. The number of pyridine rings is 1. The first-order valence-electron chi connectivity index (χ1n) is 6.73. The molecule has 22 heavy (non-hydrogen) atoms. The van der Waals surface area contributed by atoms with Crippen LogP contribution in [0.15, 0.2) is 69.0 Å². The maximum absolute atomic E-state index is 12.0. The summed E-state index contributed by atoms with van der Waals surface area (Å²) in [7, 11) is 0. The molecule has 0 saturated carbocycles. The Bertz CT molecular complexity index is 935. The molecule has 0 amide bonds. The van der Waals surface area contributed by atoms with Crippen LogP contribution in [-0.2, 0) is 0 Å². The van der Waals surface area contributed by atoms with E-state index in [-0.39, 0.29) is 5.56 Å². The van der Waals surface area contributed by atoms with Crippen LogP contribution in [-0.4, -0.2) is 20.3 Å². The van der Waals surface area contributed by atoms with Crippen molar-refractivity contribution >= 4 is 40.1 Å². The van der Waals surface area contributed by atoms with Gasteiger partial charge in [-0.25, -0.2) is 0 Å². The van der Waals surface area contributed by atoms with Gasteiger partial charge in [-0.3, -0.25) is 14.3 Å². The van der Waals surface area contributed by atoms with E-state index in [1.165, 1.54) is 4.90 Å². The number of benzene rings is 1. The van der Waals surface area contributed by atoms with Crippen molar-refractivity contribution in [1.82, 2.24) is 14.5 Å². The molecule has 3 heterocycles. The summed E-state index contributed by atoms with van der Waals surface area (Å²) >= 11 is 3.25. The lowest BCUT2D eigenvalue weighted by atomic mass is 10.3. The summed E-state index contributed by atoms with van der Waals surface area (Å²) in [6.45, 7) is 0. The number of fused-ring (bicyclic) bond motifs is 3. The molecule has 0 unspecified atom stereocenters. The van der Waals surface area contributed by atoms with Gasteiger partial charge < -0.3 is 0 Å². The molecule has 4 nitrogen and oxygen atoms in total. The SMILES string of the molecule is O=c1nc2n(c3cnccc13)C(=CSc1ccccc1)CS2. The highest BCUT2D eigenvalue weighted by Gasteiger charge is 2.21. The van der Waals surface area contributed by atoms with E-state index in [1.807, 2.05) is 22.8 Å². The summed E-state index contributed by atoms with van der Waals surface area (Å²) in [6, 6.07) is 11.9. The fourth-order valence-electron chi connectivity index (χ4n) is 2.34. The van der Waals surface area contributed by atoms with Crippen LogP contribution in [0.4, 0.5) is 0 Å². The van der Waals surface area contributed by atoms with Gasteiger partial charge in [0.2, 0.25) is 0 Å². The van der Waals surface area contributed by atoms with Crippen molar-refractivity contribution in [2.24, 2.45) is 0 Å². The summed E-state index contributed by atoms with van der Waals surface area (Å²) < 4.78 is 2.03. The van der Waals surface area contributed by atoms with Crippen molar-refractivity contribution in [3.8, 4) is 0 Å². The van der Waals surface area contributed by atoms with Crippen molar-refractivity contribution in [1.29, 1.82) is 0 Å². The standard InChI is InChI=1S/C16H11N3OS2/c20-15-13-6-7-17-8-14(13)19-11(10-22-16(19)18-15)9-21-12-4-2-1-3-5-12/h1-9H,10H2. The van der Waals surface area contributed by atoms with Crippen molar-refractivity contribution in [3.05, 3.63) is 64.6 Å². The van der Waals surface area contributed by atoms with Gasteiger partial charge in [0, 0.05) is 22.5 Å². The van der Waals surface area contributed by atoms with Gasteiger partial charge in [-0.2, -0.15) is 4.98 Å². The van der Waals surface area contributed by atoms with Crippen LogP contribution in [0.3, 0.4) is 0 Å². The minimum atomic E-state index is -0.187. The van der Waals surface area contributed by atoms with Crippen molar-refractivity contribution in [3.63, 3.8) is 0 Å². The number of nitrogens with zero attached hydrogens (tertiary/aromatic N) is 3. The monoisotopic (exact) mass is 325 g/mol. The second-order valence-electron chi connectivity index (χ2n) is 4.76. The number of hydrogen-bond donors (Lipinski definition) is 0. The highest BCUT2D eigenvalue weighted by atomic mass is 32.2. The first-order chi connectivity index (χ1) is 10.8. The Labute approximate surface area is 135 Å². The molecule has 2 aromatic heterocycles. The molecule has 0 aliphatic carbocycles. The van der Waals surface area contributed by atoms with E-state index in [0.717, 1.165) is 22.1 Å². The largest absolute Gasteiger partial charge is 0.289 e. The van der Waals surface area contributed by atoms with Gasteiger partial charge in [-0.1, -0.05) is 41.7 Å². The number of aromatic nitrogens is 3.